The van der Waals surface area contributed by atoms with Gasteiger partial charge in [-0.1, -0.05) is 0 Å². The van der Waals surface area contributed by atoms with Gasteiger partial charge in [0.25, 0.3) is 0 Å². The highest BCUT2D eigenvalue weighted by Crippen LogP contribution is 2.38. The molecule has 28 heavy (non-hydrogen) atoms. The zero-order valence-electron chi connectivity index (χ0n) is 16.8. The minimum Gasteiger partial charge on any atom is -0.493 e. The van der Waals surface area contributed by atoms with Crippen LogP contribution in [-0.2, 0) is 16.0 Å². The summed E-state index contributed by atoms with van der Waals surface area (Å²) in [7, 11) is 4.67. The van der Waals surface area contributed by atoms with Crippen molar-refractivity contribution in [3.63, 3.8) is 0 Å². The predicted octanol–water partition coefficient (Wildman–Crippen LogP) is 0.678. The molecule has 2 aliphatic rings. The summed E-state index contributed by atoms with van der Waals surface area (Å²) in [6.45, 7) is 3.21. The van der Waals surface area contributed by atoms with Gasteiger partial charge in [-0.05, 0) is 30.5 Å². The zero-order valence-corrected chi connectivity index (χ0v) is 16.8. The monoisotopic (exact) mass is 391 g/mol. The van der Waals surface area contributed by atoms with E-state index in [1.54, 1.807) is 33.5 Å². The van der Waals surface area contributed by atoms with Crippen molar-refractivity contribution in [1.82, 2.24) is 15.1 Å². The van der Waals surface area contributed by atoms with Crippen molar-refractivity contribution in [2.75, 3.05) is 54.1 Å². The summed E-state index contributed by atoms with van der Waals surface area (Å²) in [5.41, 5.74) is 0.805. The summed E-state index contributed by atoms with van der Waals surface area (Å²) < 4.78 is 16.1. The molecule has 8 heteroatoms. The number of benzene rings is 1. The van der Waals surface area contributed by atoms with Crippen molar-refractivity contribution in [3.05, 3.63) is 17.7 Å². The Balaban J connectivity index is 1.69. The molecule has 1 atom stereocenters. The summed E-state index contributed by atoms with van der Waals surface area (Å²) in [5.74, 6) is 1.74. The Kier molecular flexibility index (Phi) is 6.61. The number of hydrogen-bond donors (Lipinski definition) is 1. The third-order valence-corrected chi connectivity index (χ3v) is 5.40. The van der Waals surface area contributed by atoms with Gasteiger partial charge < -0.3 is 29.3 Å². The van der Waals surface area contributed by atoms with E-state index in [2.05, 4.69) is 5.32 Å². The second-order valence-electron chi connectivity index (χ2n) is 7.11. The van der Waals surface area contributed by atoms with E-state index >= 15 is 0 Å². The molecular weight excluding hydrogens is 362 g/mol. The Morgan fingerprint density at radius 3 is 2.46 bits per heavy atom. The Bertz CT molecular complexity index is 699. The molecule has 0 radical (unpaired) electrons. The van der Waals surface area contributed by atoms with Crippen LogP contribution in [0.1, 0.15) is 18.4 Å². The summed E-state index contributed by atoms with van der Waals surface area (Å²) in [4.78, 5) is 28.9. The highest BCUT2D eigenvalue weighted by atomic mass is 16.5. The lowest BCUT2D eigenvalue weighted by atomic mass is 10.0. The highest BCUT2D eigenvalue weighted by molar-refractivity contribution is 5.81. The number of ether oxygens (including phenoxy) is 3. The first kappa shape index (κ1) is 20.3. The molecule has 1 aromatic carbocycles. The fraction of sp³-hybridized carbons (Fsp3) is 0.600. The van der Waals surface area contributed by atoms with Gasteiger partial charge in [0.2, 0.25) is 17.6 Å². The number of piperidine rings is 1. The predicted molar refractivity (Wildman–Crippen MR) is 104 cm³/mol. The minimum atomic E-state index is 0.0431. The van der Waals surface area contributed by atoms with E-state index in [1.165, 1.54) is 0 Å². The van der Waals surface area contributed by atoms with E-state index < -0.39 is 0 Å². The van der Waals surface area contributed by atoms with Crippen LogP contribution in [0.2, 0.25) is 0 Å². The highest BCUT2D eigenvalue weighted by Gasteiger charge is 2.31. The smallest absolute Gasteiger partial charge is 0.236 e. The molecule has 2 amide bonds. The quantitative estimate of drug-likeness (QED) is 0.768. The van der Waals surface area contributed by atoms with Gasteiger partial charge in [0.05, 0.1) is 34.3 Å². The van der Waals surface area contributed by atoms with Crippen LogP contribution in [0, 0.1) is 0 Å². The van der Waals surface area contributed by atoms with Crippen molar-refractivity contribution in [2.24, 2.45) is 0 Å². The maximum Gasteiger partial charge on any atom is 0.236 e. The number of piperazine rings is 1. The van der Waals surface area contributed by atoms with Crippen LogP contribution in [0.4, 0.5) is 0 Å². The molecule has 2 fully saturated rings. The van der Waals surface area contributed by atoms with Crippen LogP contribution in [0.5, 0.6) is 17.2 Å². The van der Waals surface area contributed by atoms with Crippen LogP contribution in [0.15, 0.2) is 12.1 Å². The largest absolute Gasteiger partial charge is 0.493 e. The van der Waals surface area contributed by atoms with E-state index in [-0.39, 0.29) is 24.3 Å². The fourth-order valence-electron chi connectivity index (χ4n) is 3.97. The van der Waals surface area contributed by atoms with Crippen LogP contribution in [0.25, 0.3) is 0 Å². The van der Waals surface area contributed by atoms with Gasteiger partial charge in [-0.3, -0.25) is 9.59 Å². The normalized spacial score (nSPS) is 20.1. The first-order chi connectivity index (χ1) is 13.6. The molecule has 1 N–H and O–H groups in total. The molecule has 2 saturated heterocycles. The van der Waals surface area contributed by atoms with Gasteiger partial charge in [0.15, 0.2) is 11.5 Å². The molecule has 2 heterocycles. The van der Waals surface area contributed by atoms with Crippen molar-refractivity contribution >= 4 is 11.8 Å². The van der Waals surface area contributed by atoms with Crippen molar-refractivity contribution in [1.29, 1.82) is 0 Å². The first-order valence-corrected chi connectivity index (χ1v) is 9.64. The van der Waals surface area contributed by atoms with Gasteiger partial charge in [-0.15, -0.1) is 0 Å². The molecule has 1 aromatic rings. The van der Waals surface area contributed by atoms with E-state index in [0.29, 0.717) is 36.9 Å². The standard InChI is InChI=1S/C20H29N3O5/c1-26-16-9-14(10-17(27-2)20(16)28-3)11-18(24)22-7-4-5-15(13-22)23-8-6-21-12-19(23)25/h9-10,15,21H,4-8,11-13H2,1-3H3. The first-order valence-electron chi connectivity index (χ1n) is 9.64. The van der Waals surface area contributed by atoms with Gasteiger partial charge in [0.1, 0.15) is 0 Å². The summed E-state index contributed by atoms with van der Waals surface area (Å²) in [6.07, 6.45) is 2.10. The molecular formula is C20H29N3O5. The number of nitrogens with zero attached hydrogens (tertiary/aromatic N) is 2. The van der Waals surface area contributed by atoms with Gasteiger partial charge in [0, 0.05) is 32.2 Å². The molecule has 0 aromatic heterocycles. The molecule has 0 saturated carbocycles. The Labute approximate surface area is 165 Å². The molecule has 2 aliphatic heterocycles. The number of carbonyl (C=O) groups excluding carboxylic acids is 2. The number of amides is 2. The van der Waals surface area contributed by atoms with Crippen LogP contribution in [-0.4, -0.2) is 81.7 Å². The van der Waals surface area contributed by atoms with E-state index in [0.717, 1.165) is 31.5 Å². The zero-order chi connectivity index (χ0) is 20.1. The molecule has 1 unspecified atom stereocenters. The number of nitrogens with one attached hydrogen (secondary N) is 1. The average molecular weight is 391 g/mol. The topological polar surface area (TPSA) is 80.3 Å². The Morgan fingerprint density at radius 2 is 1.86 bits per heavy atom. The number of likely N-dealkylation sites (tertiary alicyclic amines) is 1. The maximum absolute atomic E-state index is 12.9. The van der Waals surface area contributed by atoms with Gasteiger partial charge >= 0.3 is 0 Å². The van der Waals surface area contributed by atoms with E-state index in [4.69, 9.17) is 14.2 Å². The number of methoxy groups -OCH3 is 3. The molecule has 3 rings (SSSR count). The van der Waals surface area contributed by atoms with Crippen molar-refractivity contribution in [3.8, 4) is 17.2 Å². The molecule has 8 nitrogen and oxygen atoms in total. The lowest BCUT2D eigenvalue weighted by molar-refractivity contribution is -0.140. The second-order valence-corrected chi connectivity index (χ2v) is 7.11. The van der Waals surface area contributed by atoms with Crippen LogP contribution >= 0.6 is 0 Å². The maximum atomic E-state index is 12.9. The van der Waals surface area contributed by atoms with Gasteiger partial charge in [-0.2, -0.15) is 0 Å². The number of hydrogen-bond acceptors (Lipinski definition) is 6. The van der Waals surface area contributed by atoms with Gasteiger partial charge in [-0.25, -0.2) is 0 Å². The average Bonchev–Trinajstić information content (AvgIpc) is 2.73. The third-order valence-electron chi connectivity index (χ3n) is 5.40. The SMILES string of the molecule is COc1cc(CC(=O)N2CCCC(N3CCNCC3=O)C2)cc(OC)c1OC. The lowest BCUT2D eigenvalue weighted by Gasteiger charge is -2.41. The second kappa shape index (κ2) is 9.14. The molecule has 0 aliphatic carbocycles. The van der Waals surface area contributed by atoms with Crippen molar-refractivity contribution in [2.45, 2.75) is 25.3 Å². The summed E-state index contributed by atoms with van der Waals surface area (Å²) in [6, 6.07) is 3.72. The Hall–Kier alpha value is -2.48. The summed E-state index contributed by atoms with van der Waals surface area (Å²) >= 11 is 0. The molecule has 0 spiro atoms. The van der Waals surface area contributed by atoms with E-state index in [9.17, 15) is 9.59 Å². The number of carbonyl (C=O) groups is 2. The minimum absolute atomic E-state index is 0.0431. The number of rotatable bonds is 6. The van der Waals surface area contributed by atoms with Crippen LogP contribution < -0.4 is 19.5 Å². The van der Waals surface area contributed by atoms with Crippen LogP contribution in [0.3, 0.4) is 0 Å². The lowest BCUT2D eigenvalue weighted by Crippen LogP contribution is -2.57. The fourth-order valence-corrected chi connectivity index (χ4v) is 3.97. The van der Waals surface area contributed by atoms with Crippen molar-refractivity contribution < 1.29 is 23.8 Å². The van der Waals surface area contributed by atoms with E-state index in [1.807, 2.05) is 9.80 Å². The third kappa shape index (κ3) is 4.32. The molecule has 0 bridgehead atoms. The summed E-state index contributed by atoms with van der Waals surface area (Å²) in [5, 5.41) is 3.10. The Morgan fingerprint density at radius 1 is 1.14 bits per heavy atom. The molecule has 154 valence electrons.